The van der Waals surface area contributed by atoms with E-state index < -0.39 is 6.04 Å². The van der Waals surface area contributed by atoms with Gasteiger partial charge in [0.1, 0.15) is 23.3 Å². The molecule has 0 aliphatic carbocycles. The Kier molecular flexibility index (Phi) is 8.88. The van der Waals surface area contributed by atoms with Crippen molar-refractivity contribution < 1.29 is 18.7 Å². The number of thiazole rings is 1. The Hall–Kier alpha value is -4.16. The average molecular weight is 620 g/mol. The highest BCUT2D eigenvalue weighted by atomic mass is 32.2. The smallest absolute Gasteiger partial charge is 0.271 e. The molecule has 1 amide bonds. The number of carbonyl (C=O) groups is 1. The van der Waals surface area contributed by atoms with Crippen molar-refractivity contribution in [1.82, 2.24) is 19.4 Å². The number of amides is 1. The van der Waals surface area contributed by atoms with Crippen LogP contribution in [-0.4, -0.2) is 52.7 Å². The van der Waals surface area contributed by atoms with Gasteiger partial charge < -0.3 is 18.8 Å². The fourth-order valence-electron chi connectivity index (χ4n) is 5.05. The van der Waals surface area contributed by atoms with Crippen LogP contribution >= 0.6 is 23.1 Å². The van der Waals surface area contributed by atoms with Crippen LogP contribution in [-0.2, 0) is 4.79 Å². The molecule has 4 heterocycles. The molecule has 1 aliphatic rings. The molecule has 5 rings (SSSR count). The summed E-state index contributed by atoms with van der Waals surface area (Å²) in [4.78, 5) is 43.9. The van der Waals surface area contributed by atoms with E-state index in [1.54, 1.807) is 61.0 Å². The van der Waals surface area contributed by atoms with Gasteiger partial charge in [0.2, 0.25) is 0 Å². The molecule has 4 aromatic rings. The van der Waals surface area contributed by atoms with Crippen molar-refractivity contribution in [1.29, 1.82) is 0 Å². The van der Waals surface area contributed by atoms with Gasteiger partial charge in [-0.3, -0.25) is 14.2 Å². The Balaban J connectivity index is 1.64. The van der Waals surface area contributed by atoms with Crippen LogP contribution in [0, 0.1) is 13.8 Å². The summed E-state index contributed by atoms with van der Waals surface area (Å²) >= 11 is 2.55. The standard InChI is InChI=1S/C31H33N5O5S2/c1-8-35(9-2)29(38)26-19(5)34-31-36(27(26)22-15-20(39-6)10-12-23(22)40-7)28(37)24(42-31)16-21-11-13-25(41-21)43-30-32-17(3)14-18(4)33-30/h10-16,27H,8-9H2,1-7H3/b24-16-/t27-/m0/s1. The molecule has 1 aromatic carbocycles. The van der Waals surface area contributed by atoms with Gasteiger partial charge in [0.15, 0.2) is 15.1 Å². The summed E-state index contributed by atoms with van der Waals surface area (Å²) < 4.78 is 19.2. The number of carbonyl (C=O) groups excluding carboxylic acids is 1. The molecule has 12 heteroatoms. The lowest BCUT2D eigenvalue weighted by Crippen LogP contribution is -2.43. The lowest BCUT2D eigenvalue weighted by atomic mass is 9.93. The van der Waals surface area contributed by atoms with Crippen LogP contribution in [0.4, 0.5) is 0 Å². The Morgan fingerprint density at radius 1 is 1.07 bits per heavy atom. The SMILES string of the molecule is CCN(CC)C(=O)C1=C(C)N=c2s/c(=C\c3ccc(Sc4nc(C)cc(C)n4)o3)c(=O)n2[C@H]1c1cc(OC)ccc1OC. The minimum atomic E-state index is -0.777. The number of ether oxygens (including phenoxy) is 2. The molecule has 0 radical (unpaired) electrons. The van der Waals surface area contributed by atoms with Crippen molar-refractivity contribution >= 4 is 35.1 Å². The lowest BCUT2D eigenvalue weighted by molar-refractivity contribution is -0.127. The van der Waals surface area contributed by atoms with Crippen LogP contribution in [0.2, 0.25) is 0 Å². The number of fused-ring (bicyclic) bond motifs is 1. The van der Waals surface area contributed by atoms with E-state index in [0.717, 1.165) is 11.4 Å². The van der Waals surface area contributed by atoms with Crippen LogP contribution < -0.4 is 24.4 Å². The molecule has 3 aromatic heterocycles. The second kappa shape index (κ2) is 12.6. The van der Waals surface area contributed by atoms with Crippen LogP contribution in [0.15, 0.2) is 72.1 Å². The third kappa shape index (κ3) is 6.02. The van der Waals surface area contributed by atoms with E-state index in [0.29, 0.717) is 66.8 Å². The third-order valence-electron chi connectivity index (χ3n) is 7.06. The predicted octanol–water partition coefficient (Wildman–Crippen LogP) is 4.27. The maximum atomic E-state index is 14.1. The molecule has 0 unspecified atom stereocenters. The Bertz CT molecular complexity index is 1880. The summed E-state index contributed by atoms with van der Waals surface area (Å²) in [6.07, 6.45) is 1.70. The monoisotopic (exact) mass is 619 g/mol. The summed E-state index contributed by atoms with van der Waals surface area (Å²) in [7, 11) is 3.13. The second-order valence-electron chi connectivity index (χ2n) is 9.86. The van der Waals surface area contributed by atoms with Gasteiger partial charge >= 0.3 is 0 Å². The van der Waals surface area contributed by atoms with Gasteiger partial charge in [0, 0.05) is 36.1 Å². The van der Waals surface area contributed by atoms with E-state index in [2.05, 4.69) is 9.97 Å². The lowest BCUT2D eigenvalue weighted by Gasteiger charge is -2.30. The molecule has 1 atom stereocenters. The van der Waals surface area contributed by atoms with E-state index in [1.165, 1.54) is 23.1 Å². The topological polar surface area (TPSA) is 112 Å². The number of hydrogen-bond donors (Lipinski definition) is 0. The number of rotatable bonds is 9. The maximum Gasteiger partial charge on any atom is 0.271 e. The number of likely N-dealkylation sites (N-methyl/N-ethyl adjacent to an activating group) is 1. The Morgan fingerprint density at radius 3 is 2.44 bits per heavy atom. The largest absolute Gasteiger partial charge is 0.497 e. The molecule has 0 saturated heterocycles. The number of nitrogens with zero attached hydrogens (tertiary/aromatic N) is 5. The number of allylic oxidation sites excluding steroid dienone is 1. The fourth-order valence-corrected chi connectivity index (χ4v) is 6.91. The first-order valence-electron chi connectivity index (χ1n) is 13.8. The molecule has 1 aliphatic heterocycles. The maximum absolute atomic E-state index is 14.1. The zero-order valence-corrected chi connectivity index (χ0v) is 26.8. The molecule has 10 nitrogen and oxygen atoms in total. The zero-order valence-electron chi connectivity index (χ0n) is 25.1. The normalized spacial score (nSPS) is 14.9. The fraction of sp³-hybridized carbons (Fsp3) is 0.323. The van der Waals surface area contributed by atoms with Crippen LogP contribution in [0.1, 0.15) is 49.5 Å². The first kappa shape index (κ1) is 30.3. The third-order valence-corrected chi connectivity index (χ3v) is 8.83. The first-order valence-corrected chi connectivity index (χ1v) is 15.4. The van der Waals surface area contributed by atoms with E-state index in [4.69, 9.17) is 18.9 Å². The van der Waals surface area contributed by atoms with Gasteiger partial charge in [0.05, 0.1) is 30.0 Å². The van der Waals surface area contributed by atoms with Crippen LogP contribution in [0.25, 0.3) is 6.08 Å². The number of aryl methyl sites for hydroxylation is 2. The highest BCUT2D eigenvalue weighted by Gasteiger charge is 2.36. The molecular formula is C31H33N5O5S2. The Labute approximate surface area is 257 Å². The number of aromatic nitrogens is 3. The number of methoxy groups -OCH3 is 2. The van der Waals surface area contributed by atoms with E-state index >= 15 is 0 Å². The molecule has 43 heavy (non-hydrogen) atoms. The quantitative estimate of drug-likeness (QED) is 0.256. The zero-order chi connectivity index (χ0) is 30.8. The number of furan rings is 1. The van der Waals surface area contributed by atoms with E-state index in [1.807, 2.05) is 39.8 Å². The van der Waals surface area contributed by atoms with Gasteiger partial charge in [0.25, 0.3) is 11.5 Å². The van der Waals surface area contributed by atoms with Crippen molar-refractivity contribution in [3.05, 3.63) is 90.1 Å². The van der Waals surface area contributed by atoms with Gasteiger partial charge in [-0.1, -0.05) is 11.3 Å². The molecule has 0 spiro atoms. The van der Waals surface area contributed by atoms with Crippen molar-refractivity contribution in [2.24, 2.45) is 4.99 Å². The van der Waals surface area contributed by atoms with Crippen molar-refractivity contribution in [2.75, 3.05) is 27.3 Å². The molecule has 0 saturated carbocycles. The van der Waals surface area contributed by atoms with Crippen LogP contribution in [0.5, 0.6) is 11.5 Å². The first-order chi connectivity index (χ1) is 20.7. The summed E-state index contributed by atoms with van der Waals surface area (Å²) in [6, 6.07) is 10.1. The molecule has 224 valence electrons. The summed E-state index contributed by atoms with van der Waals surface area (Å²) in [6.45, 7) is 10.5. The van der Waals surface area contributed by atoms with Gasteiger partial charge in [-0.05, 0) is 82.8 Å². The van der Waals surface area contributed by atoms with Crippen molar-refractivity contribution in [2.45, 2.75) is 50.9 Å². The van der Waals surface area contributed by atoms with Gasteiger partial charge in [-0.15, -0.1) is 0 Å². The average Bonchev–Trinajstić information content (AvgIpc) is 3.54. The minimum Gasteiger partial charge on any atom is -0.497 e. The molecule has 0 fully saturated rings. The highest BCUT2D eigenvalue weighted by molar-refractivity contribution is 7.99. The molecule has 0 bridgehead atoms. The number of hydrogen-bond acceptors (Lipinski definition) is 10. The van der Waals surface area contributed by atoms with E-state index in [-0.39, 0.29) is 11.5 Å². The predicted molar refractivity (Wildman–Crippen MR) is 166 cm³/mol. The Morgan fingerprint density at radius 2 is 1.79 bits per heavy atom. The van der Waals surface area contributed by atoms with Gasteiger partial charge in [-0.2, -0.15) is 0 Å². The molecule has 0 N–H and O–H groups in total. The summed E-state index contributed by atoms with van der Waals surface area (Å²) in [5, 5.41) is 1.19. The molecular weight excluding hydrogens is 587 g/mol. The second-order valence-corrected chi connectivity index (χ2v) is 11.8. The van der Waals surface area contributed by atoms with Crippen LogP contribution in [0.3, 0.4) is 0 Å². The number of benzene rings is 1. The van der Waals surface area contributed by atoms with Crippen molar-refractivity contribution in [3.63, 3.8) is 0 Å². The van der Waals surface area contributed by atoms with E-state index in [9.17, 15) is 9.59 Å². The summed E-state index contributed by atoms with van der Waals surface area (Å²) in [5.41, 5.74) is 3.05. The highest BCUT2D eigenvalue weighted by Crippen LogP contribution is 2.38. The van der Waals surface area contributed by atoms with Crippen molar-refractivity contribution in [3.8, 4) is 11.5 Å². The van der Waals surface area contributed by atoms with Gasteiger partial charge in [-0.25, -0.2) is 15.0 Å². The summed E-state index contributed by atoms with van der Waals surface area (Å²) in [5.74, 6) is 1.43. The minimum absolute atomic E-state index is 0.184.